The van der Waals surface area contributed by atoms with Gasteiger partial charge in [-0.2, -0.15) is 0 Å². The van der Waals surface area contributed by atoms with Crippen LogP contribution in [-0.4, -0.2) is 49.0 Å². The molecular weight excluding hydrogens is 238 g/mol. The zero-order chi connectivity index (χ0) is 12.8. The molecule has 96 valence electrons. The third kappa shape index (κ3) is 1.47. The van der Waals surface area contributed by atoms with Crippen molar-refractivity contribution in [1.82, 2.24) is 19.5 Å². The molecule has 2 aromatic heterocycles. The fourth-order valence-corrected chi connectivity index (χ4v) is 2.24. The minimum absolute atomic E-state index is 0.167. The van der Waals surface area contributed by atoms with Crippen LogP contribution in [0.2, 0.25) is 0 Å². The molecule has 1 aliphatic rings. The third-order valence-electron chi connectivity index (χ3n) is 3.15. The summed E-state index contributed by atoms with van der Waals surface area (Å²) in [5.74, 6) is 0.269. The maximum Gasteiger partial charge on any atom is 0.173 e. The standard InChI is InChI=1S/C10H13N5O3/c11-8-7-9(13-4-12-8)15(5-14-7)10(3-16)1-6(17)2-18-10/h4-6,16-17H,1-3H2,(H2,11,12,13)/t6-,10+/m1/s1. The van der Waals surface area contributed by atoms with Crippen molar-refractivity contribution in [1.29, 1.82) is 0 Å². The van der Waals surface area contributed by atoms with Gasteiger partial charge >= 0.3 is 0 Å². The first-order valence-corrected chi connectivity index (χ1v) is 5.53. The average Bonchev–Trinajstić information content (AvgIpc) is 2.94. The molecular formula is C10H13N5O3. The topological polar surface area (TPSA) is 119 Å². The van der Waals surface area contributed by atoms with Crippen molar-refractivity contribution >= 4 is 17.0 Å². The minimum atomic E-state index is -1.03. The Kier molecular flexibility index (Phi) is 2.44. The summed E-state index contributed by atoms with van der Waals surface area (Å²) in [7, 11) is 0. The summed E-state index contributed by atoms with van der Waals surface area (Å²) in [6.45, 7) is -0.111. The molecule has 3 rings (SSSR count). The van der Waals surface area contributed by atoms with Gasteiger partial charge in [-0.1, -0.05) is 0 Å². The lowest BCUT2D eigenvalue weighted by molar-refractivity contribution is -0.0968. The van der Waals surface area contributed by atoms with Gasteiger partial charge < -0.3 is 20.7 Å². The molecule has 8 nitrogen and oxygen atoms in total. The first-order valence-electron chi connectivity index (χ1n) is 5.53. The summed E-state index contributed by atoms with van der Waals surface area (Å²) in [6.07, 6.45) is 2.48. The number of ether oxygens (including phenoxy) is 1. The summed E-state index contributed by atoms with van der Waals surface area (Å²) in [5.41, 5.74) is 5.60. The molecule has 0 saturated carbocycles. The van der Waals surface area contributed by atoms with Gasteiger partial charge in [-0.05, 0) is 0 Å². The highest BCUT2D eigenvalue weighted by atomic mass is 16.5. The van der Waals surface area contributed by atoms with Gasteiger partial charge in [0.15, 0.2) is 17.2 Å². The van der Waals surface area contributed by atoms with Gasteiger partial charge in [0, 0.05) is 6.42 Å². The van der Waals surface area contributed by atoms with Crippen molar-refractivity contribution in [2.45, 2.75) is 18.2 Å². The van der Waals surface area contributed by atoms with E-state index < -0.39 is 11.8 Å². The number of nitrogen functional groups attached to an aromatic ring is 1. The lowest BCUT2D eigenvalue weighted by Crippen LogP contribution is -2.37. The molecule has 0 amide bonds. The van der Waals surface area contributed by atoms with E-state index in [1.165, 1.54) is 12.7 Å². The molecule has 3 heterocycles. The highest BCUT2D eigenvalue weighted by Crippen LogP contribution is 2.33. The van der Waals surface area contributed by atoms with Gasteiger partial charge in [-0.25, -0.2) is 15.0 Å². The Morgan fingerprint density at radius 3 is 3.00 bits per heavy atom. The minimum Gasteiger partial charge on any atom is -0.391 e. The molecule has 0 aliphatic carbocycles. The lowest BCUT2D eigenvalue weighted by Gasteiger charge is -2.27. The van der Waals surface area contributed by atoms with Crippen LogP contribution in [0.5, 0.6) is 0 Å². The zero-order valence-electron chi connectivity index (χ0n) is 9.52. The quantitative estimate of drug-likeness (QED) is 0.615. The number of nitrogens with two attached hydrogens (primary N) is 1. The van der Waals surface area contributed by atoms with Crippen molar-refractivity contribution in [3.63, 3.8) is 0 Å². The molecule has 0 spiro atoms. The van der Waals surface area contributed by atoms with Gasteiger partial charge in [0.05, 0.1) is 25.6 Å². The number of hydrogen-bond acceptors (Lipinski definition) is 7. The second-order valence-electron chi connectivity index (χ2n) is 4.32. The molecule has 0 aromatic carbocycles. The number of anilines is 1. The van der Waals surface area contributed by atoms with Crippen LogP contribution in [0.3, 0.4) is 0 Å². The number of aromatic nitrogens is 4. The van der Waals surface area contributed by atoms with Gasteiger partial charge in [0.25, 0.3) is 0 Å². The fraction of sp³-hybridized carbons (Fsp3) is 0.500. The Morgan fingerprint density at radius 2 is 2.33 bits per heavy atom. The number of aliphatic hydroxyl groups excluding tert-OH is 2. The number of nitrogens with zero attached hydrogens (tertiary/aromatic N) is 4. The first kappa shape index (κ1) is 11.3. The van der Waals surface area contributed by atoms with Crippen LogP contribution < -0.4 is 5.73 Å². The van der Waals surface area contributed by atoms with Crippen molar-refractivity contribution in [2.24, 2.45) is 0 Å². The summed E-state index contributed by atoms with van der Waals surface area (Å²) in [4.78, 5) is 12.1. The van der Waals surface area contributed by atoms with Crippen LogP contribution in [0.25, 0.3) is 11.2 Å². The van der Waals surface area contributed by atoms with E-state index in [0.717, 1.165) is 0 Å². The number of imidazole rings is 1. The van der Waals surface area contributed by atoms with Crippen molar-refractivity contribution in [2.75, 3.05) is 18.9 Å². The Balaban J connectivity index is 2.16. The summed E-state index contributed by atoms with van der Waals surface area (Å²) < 4.78 is 7.11. The van der Waals surface area contributed by atoms with Crippen LogP contribution in [0, 0.1) is 0 Å². The van der Waals surface area contributed by atoms with Gasteiger partial charge in [-0.15, -0.1) is 0 Å². The van der Waals surface area contributed by atoms with E-state index in [0.29, 0.717) is 11.2 Å². The highest BCUT2D eigenvalue weighted by Gasteiger charge is 2.42. The first-order chi connectivity index (χ1) is 8.66. The second-order valence-corrected chi connectivity index (χ2v) is 4.32. The van der Waals surface area contributed by atoms with E-state index in [-0.39, 0.29) is 25.5 Å². The van der Waals surface area contributed by atoms with Crippen LogP contribution in [0.4, 0.5) is 5.82 Å². The van der Waals surface area contributed by atoms with Gasteiger partial charge in [0.1, 0.15) is 11.8 Å². The molecule has 0 radical (unpaired) electrons. The Hall–Kier alpha value is -1.77. The smallest absolute Gasteiger partial charge is 0.173 e. The molecule has 0 unspecified atom stereocenters. The average molecular weight is 251 g/mol. The molecule has 1 fully saturated rings. The maximum absolute atomic E-state index is 9.59. The lowest BCUT2D eigenvalue weighted by atomic mass is 10.1. The molecule has 2 atom stereocenters. The van der Waals surface area contributed by atoms with E-state index in [4.69, 9.17) is 10.5 Å². The predicted octanol–water partition coefficient (Wildman–Crippen LogP) is -1.17. The van der Waals surface area contributed by atoms with Crippen molar-refractivity contribution in [3.8, 4) is 0 Å². The largest absolute Gasteiger partial charge is 0.391 e. The summed E-state index contributed by atoms with van der Waals surface area (Å²) >= 11 is 0. The van der Waals surface area contributed by atoms with Crippen LogP contribution in [0.15, 0.2) is 12.7 Å². The molecule has 1 saturated heterocycles. The Labute approximate surface area is 102 Å². The maximum atomic E-state index is 9.59. The second kappa shape index (κ2) is 3.87. The van der Waals surface area contributed by atoms with Crippen molar-refractivity contribution < 1.29 is 14.9 Å². The fourth-order valence-electron chi connectivity index (χ4n) is 2.24. The number of fused-ring (bicyclic) bond motifs is 1. The van der Waals surface area contributed by atoms with E-state index >= 15 is 0 Å². The van der Waals surface area contributed by atoms with Crippen molar-refractivity contribution in [3.05, 3.63) is 12.7 Å². The number of aliphatic hydroxyl groups is 2. The number of hydrogen-bond donors (Lipinski definition) is 3. The molecule has 8 heteroatoms. The highest BCUT2D eigenvalue weighted by molar-refractivity contribution is 5.81. The van der Waals surface area contributed by atoms with E-state index in [2.05, 4.69) is 15.0 Å². The Morgan fingerprint density at radius 1 is 1.50 bits per heavy atom. The normalized spacial score (nSPS) is 28.0. The molecule has 1 aliphatic heterocycles. The van der Waals surface area contributed by atoms with E-state index in [9.17, 15) is 10.2 Å². The Bertz CT molecular complexity index is 586. The summed E-state index contributed by atoms with van der Waals surface area (Å²) in [6, 6.07) is 0. The predicted molar refractivity (Wildman–Crippen MR) is 61.4 cm³/mol. The van der Waals surface area contributed by atoms with Crippen LogP contribution in [-0.2, 0) is 10.5 Å². The molecule has 18 heavy (non-hydrogen) atoms. The number of rotatable bonds is 2. The van der Waals surface area contributed by atoms with Gasteiger partial charge in [0.2, 0.25) is 0 Å². The monoisotopic (exact) mass is 251 g/mol. The van der Waals surface area contributed by atoms with E-state index in [1.807, 2.05) is 0 Å². The molecule has 2 aromatic rings. The van der Waals surface area contributed by atoms with Gasteiger partial charge in [-0.3, -0.25) is 4.57 Å². The third-order valence-corrected chi connectivity index (χ3v) is 3.15. The molecule has 4 N–H and O–H groups in total. The summed E-state index contributed by atoms with van der Waals surface area (Å²) in [5, 5.41) is 19.2. The SMILES string of the molecule is Nc1ncnc2c1ncn2[C@@]1(CO)C[C@@H](O)CO1. The molecule has 0 bridgehead atoms. The van der Waals surface area contributed by atoms with Crippen LogP contribution in [0.1, 0.15) is 6.42 Å². The van der Waals surface area contributed by atoms with E-state index in [1.54, 1.807) is 4.57 Å². The zero-order valence-corrected chi connectivity index (χ0v) is 9.52. The van der Waals surface area contributed by atoms with Crippen LogP contribution >= 0.6 is 0 Å².